The zero-order valence-corrected chi connectivity index (χ0v) is 8.69. The van der Waals surface area contributed by atoms with Crippen LogP contribution in [0.3, 0.4) is 0 Å². The topological polar surface area (TPSA) is 12.5 Å². The highest BCUT2D eigenvalue weighted by atomic mass is 19.4. The minimum atomic E-state index is -4.27. The fourth-order valence-electron chi connectivity index (χ4n) is 1.76. The molecule has 1 heterocycles. The minimum absolute atomic E-state index is 0.0329. The summed E-state index contributed by atoms with van der Waals surface area (Å²) < 4.78 is 42.8. The van der Waals surface area contributed by atoms with E-state index in [1.807, 2.05) is 13.8 Å². The Kier molecular flexibility index (Phi) is 3.11. The van der Waals surface area contributed by atoms with Crippen molar-refractivity contribution < 1.29 is 17.9 Å². The van der Waals surface area contributed by atoms with Gasteiger partial charge in [-0.2, -0.15) is 13.2 Å². The maximum Gasteiger partial charge on any atom is 0.418 e. The summed E-state index contributed by atoms with van der Waals surface area (Å²) in [6.07, 6.45) is -4.24. The molecule has 1 rings (SSSR count). The van der Waals surface area contributed by atoms with Crippen LogP contribution in [-0.4, -0.2) is 42.9 Å². The van der Waals surface area contributed by atoms with Crippen LogP contribution in [0.4, 0.5) is 13.2 Å². The molecule has 0 aromatic carbocycles. The number of likely N-dealkylation sites (tertiary alicyclic amines) is 1. The van der Waals surface area contributed by atoms with Gasteiger partial charge >= 0.3 is 6.18 Å². The molecular weight excluding hydrogens is 195 g/mol. The number of methoxy groups -OCH3 is 1. The Morgan fingerprint density at radius 2 is 1.93 bits per heavy atom. The quantitative estimate of drug-likeness (QED) is 0.693. The molecule has 1 aliphatic heterocycles. The highest BCUT2D eigenvalue weighted by Crippen LogP contribution is 2.40. The lowest BCUT2D eigenvalue weighted by Crippen LogP contribution is -2.49. The van der Waals surface area contributed by atoms with Crippen LogP contribution in [0.5, 0.6) is 0 Å². The lowest BCUT2D eigenvalue weighted by molar-refractivity contribution is -0.264. The number of nitrogens with zero attached hydrogens (tertiary/aromatic N) is 1. The first-order chi connectivity index (χ1) is 6.32. The zero-order valence-electron chi connectivity index (χ0n) is 8.69. The summed E-state index contributed by atoms with van der Waals surface area (Å²) in [5, 5.41) is 0. The third kappa shape index (κ3) is 1.88. The molecule has 0 bridgehead atoms. The lowest BCUT2D eigenvalue weighted by atomic mass is 10.0. The van der Waals surface area contributed by atoms with E-state index in [2.05, 4.69) is 4.74 Å². The average molecular weight is 211 g/mol. The van der Waals surface area contributed by atoms with E-state index >= 15 is 0 Å². The Hall–Kier alpha value is -0.290. The third-order valence-corrected chi connectivity index (χ3v) is 2.90. The second-order valence-electron chi connectivity index (χ2n) is 4.01. The van der Waals surface area contributed by atoms with E-state index in [1.165, 1.54) is 0 Å². The van der Waals surface area contributed by atoms with Crippen molar-refractivity contribution in [2.24, 2.45) is 0 Å². The summed E-state index contributed by atoms with van der Waals surface area (Å²) in [6.45, 7) is 4.18. The molecule has 0 amide bonds. The van der Waals surface area contributed by atoms with Crippen LogP contribution in [-0.2, 0) is 4.74 Å². The Bertz CT molecular complexity index is 205. The summed E-state index contributed by atoms with van der Waals surface area (Å²) >= 11 is 0. The molecule has 1 unspecified atom stereocenters. The molecule has 0 spiro atoms. The van der Waals surface area contributed by atoms with Gasteiger partial charge in [-0.1, -0.05) is 0 Å². The fraction of sp³-hybridized carbons (Fsp3) is 1.00. The van der Waals surface area contributed by atoms with Gasteiger partial charge in [0.05, 0.1) is 0 Å². The van der Waals surface area contributed by atoms with Gasteiger partial charge in [-0.05, 0) is 20.3 Å². The first-order valence-corrected chi connectivity index (χ1v) is 4.68. The molecule has 2 nitrogen and oxygen atoms in total. The predicted molar refractivity (Wildman–Crippen MR) is 47.1 cm³/mol. The summed E-state index contributed by atoms with van der Waals surface area (Å²) in [5.74, 6) is 0. The zero-order chi connectivity index (χ0) is 11.0. The van der Waals surface area contributed by atoms with Crippen molar-refractivity contribution in [1.82, 2.24) is 4.90 Å². The molecule has 84 valence electrons. The maximum absolute atomic E-state index is 12.7. The standard InChI is InChI=1S/C9H16F3NO/c1-7(2)13-5-4-8(6-13,14-3)9(10,11)12/h7H,4-6H2,1-3H3. The lowest BCUT2D eigenvalue weighted by Gasteiger charge is -2.31. The molecule has 1 fully saturated rings. The first kappa shape index (κ1) is 11.8. The largest absolute Gasteiger partial charge is 0.418 e. The van der Waals surface area contributed by atoms with Gasteiger partial charge < -0.3 is 4.74 Å². The number of alkyl halides is 3. The van der Waals surface area contributed by atoms with Crippen molar-refractivity contribution >= 4 is 0 Å². The second kappa shape index (κ2) is 3.70. The molecule has 0 saturated carbocycles. The smallest absolute Gasteiger partial charge is 0.367 e. The molecule has 0 aliphatic carbocycles. The second-order valence-corrected chi connectivity index (χ2v) is 4.01. The van der Waals surface area contributed by atoms with Gasteiger partial charge in [0.2, 0.25) is 0 Å². The number of hydrogen-bond acceptors (Lipinski definition) is 2. The van der Waals surface area contributed by atoms with Crippen molar-refractivity contribution in [3.63, 3.8) is 0 Å². The molecule has 1 aliphatic rings. The number of ether oxygens (including phenoxy) is 1. The molecule has 0 radical (unpaired) electrons. The van der Waals surface area contributed by atoms with Crippen molar-refractivity contribution in [1.29, 1.82) is 0 Å². The first-order valence-electron chi connectivity index (χ1n) is 4.68. The van der Waals surface area contributed by atoms with Gasteiger partial charge in [0, 0.05) is 26.2 Å². The summed E-state index contributed by atoms with van der Waals surface area (Å²) in [7, 11) is 1.14. The van der Waals surface area contributed by atoms with Gasteiger partial charge in [-0.3, -0.25) is 4.90 Å². The van der Waals surface area contributed by atoms with Crippen molar-refractivity contribution in [2.45, 2.75) is 38.1 Å². The van der Waals surface area contributed by atoms with E-state index < -0.39 is 11.8 Å². The van der Waals surface area contributed by atoms with Crippen molar-refractivity contribution in [2.75, 3.05) is 20.2 Å². The van der Waals surface area contributed by atoms with E-state index in [4.69, 9.17) is 0 Å². The SMILES string of the molecule is COC1(C(F)(F)F)CCN(C(C)C)C1. The van der Waals surface area contributed by atoms with Crippen LogP contribution in [0.15, 0.2) is 0 Å². The molecule has 5 heteroatoms. The van der Waals surface area contributed by atoms with E-state index in [0.29, 0.717) is 6.54 Å². The van der Waals surface area contributed by atoms with Crippen LogP contribution < -0.4 is 0 Å². The van der Waals surface area contributed by atoms with Gasteiger partial charge in [-0.25, -0.2) is 0 Å². The van der Waals surface area contributed by atoms with Crippen LogP contribution in [0.1, 0.15) is 20.3 Å². The van der Waals surface area contributed by atoms with Crippen molar-refractivity contribution in [3.8, 4) is 0 Å². The summed E-state index contributed by atoms with van der Waals surface area (Å²) in [5.41, 5.74) is -1.95. The number of rotatable bonds is 2. The van der Waals surface area contributed by atoms with E-state index in [-0.39, 0.29) is 19.0 Å². The highest BCUT2D eigenvalue weighted by molar-refractivity contribution is 4.98. The third-order valence-electron chi connectivity index (χ3n) is 2.90. The normalized spacial score (nSPS) is 30.2. The van der Waals surface area contributed by atoms with Gasteiger partial charge in [-0.15, -0.1) is 0 Å². The fourth-order valence-corrected chi connectivity index (χ4v) is 1.76. The molecule has 14 heavy (non-hydrogen) atoms. The van der Waals surface area contributed by atoms with Crippen LogP contribution >= 0.6 is 0 Å². The van der Waals surface area contributed by atoms with Crippen LogP contribution in [0.2, 0.25) is 0 Å². The molecule has 1 atom stereocenters. The Morgan fingerprint density at radius 1 is 1.36 bits per heavy atom. The summed E-state index contributed by atoms with van der Waals surface area (Å²) in [6, 6.07) is 0.134. The van der Waals surface area contributed by atoms with Crippen LogP contribution in [0, 0.1) is 0 Å². The summed E-state index contributed by atoms with van der Waals surface area (Å²) in [4.78, 5) is 1.79. The Balaban J connectivity index is 2.77. The Labute approximate surface area is 82.0 Å². The number of halogens is 3. The van der Waals surface area contributed by atoms with Gasteiger partial charge in [0.25, 0.3) is 0 Å². The molecule has 0 aromatic rings. The molecule has 0 aromatic heterocycles. The molecule has 0 N–H and O–H groups in total. The predicted octanol–water partition coefficient (Wildman–Crippen LogP) is 2.05. The van der Waals surface area contributed by atoms with E-state index in [9.17, 15) is 13.2 Å². The van der Waals surface area contributed by atoms with E-state index in [1.54, 1.807) is 4.90 Å². The molecular formula is C9H16F3NO. The number of hydrogen-bond donors (Lipinski definition) is 0. The van der Waals surface area contributed by atoms with Crippen LogP contribution in [0.25, 0.3) is 0 Å². The monoisotopic (exact) mass is 211 g/mol. The highest BCUT2D eigenvalue weighted by Gasteiger charge is 2.58. The van der Waals surface area contributed by atoms with E-state index in [0.717, 1.165) is 7.11 Å². The van der Waals surface area contributed by atoms with Gasteiger partial charge in [0.15, 0.2) is 5.60 Å². The van der Waals surface area contributed by atoms with Gasteiger partial charge in [0.1, 0.15) is 0 Å². The molecule has 1 saturated heterocycles. The average Bonchev–Trinajstić information content (AvgIpc) is 2.47. The minimum Gasteiger partial charge on any atom is -0.367 e. The maximum atomic E-state index is 12.7. The Morgan fingerprint density at radius 3 is 2.14 bits per heavy atom. The van der Waals surface area contributed by atoms with Crippen molar-refractivity contribution in [3.05, 3.63) is 0 Å².